The van der Waals surface area contributed by atoms with E-state index >= 15 is 0 Å². The fourth-order valence-corrected chi connectivity index (χ4v) is 2.57. The van der Waals surface area contributed by atoms with Gasteiger partial charge in [0.25, 0.3) is 0 Å². The zero-order valence-corrected chi connectivity index (χ0v) is 15.0. The molecule has 2 aromatic rings. The first-order valence-electron chi connectivity index (χ1n) is 7.55. The van der Waals surface area contributed by atoms with E-state index in [0.29, 0.717) is 16.2 Å². The number of hydrogen-bond acceptors (Lipinski definition) is 2. The van der Waals surface area contributed by atoms with Crippen LogP contribution in [0, 0.1) is 0 Å². The summed E-state index contributed by atoms with van der Waals surface area (Å²) in [5.41, 5.74) is 2.25. The van der Waals surface area contributed by atoms with E-state index in [9.17, 15) is 0 Å². The van der Waals surface area contributed by atoms with Crippen LogP contribution in [0.4, 0.5) is 5.69 Å². The fourth-order valence-electron chi connectivity index (χ4n) is 2.24. The van der Waals surface area contributed by atoms with Gasteiger partial charge in [0.15, 0.2) is 5.11 Å². The average molecular weight is 348 g/mol. The molecule has 0 spiro atoms. The van der Waals surface area contributed by atoms with Crippen LogP contribution in [0.5, 0.6) is 0 Å². The van der Waals surface area contributed by atoms with Gasteiger partial charge in [-0.05, 0) is 62.6 Å². The number of nitrogens with zero attached hydrogens (tertiary/aromatic N) is 1. The van der Waals surface area contributed by atoms with Gasteiger partial charge < -0.3 is 15.5 Å². The number of likely N-dealkylation sites (N-methyl/N-ethyl adjacent to an activating group) is 1. The molecule has 0 radical (unpaired) electrons. The monoisotopic (exact) mass is 347 g/mol. The van der Waals surface area contributed by atoms with Crippen molar-refractivity contribution < 1.29 is 0 Å². The smallest absolute Gasteiger partial charge is 0.170 e. The predicted molar refractivity (Wildman–Crippen MR) is 103 cm³/mol. The van der Waals surface area contributed by atoms with Gasteiger partial charge in [0, 0.05) is 23.3 Å². The van der Waals surface area contributed by atoms with Gasteiger partial charge in [0.2, 0.25) is 0 Å². The van der Waals surface area contributed by atoms with Crippen molar-refractivity contribution in [2.75, 3.05) is 26.0 Å². The fraction of sp³-hybridized carbons (Fsp3) is 0.278. The molecular weight excluding hydrogens is 326 g/mol. The minimum atomic E-state index is 0.363. The number of hydrogen-bond donors (Lipinski definition) is 2. The lowest BCUT2D eigenvalue weighted by molar-refractivity contribution is 0.291. The van der Waals surface area contributed by atoms with Gasteiger partial charge in [-0.25, -0.2) is 0 Å². The lowest BCUT2D eigenvalue weighted by Crippen LogP contribution is -2.42. The number of halogens is 1. The normalized spacial score (nSPS) is 12.0. The first-order valence-corrected chi connectivity index (χ1v) is 8.34. The Labute approximate surface area is 148 Å². The SMILES string of the molecule is CN(C)[C@@H](CNC(=S)Nc1ccc(Cl)cc1)Cc1ccccc1. The quantitative estimate of drug-likeness (QED) is 0.777. The van der Waals surface area contributed by atoms with Crippen molar-refractivity contribution >= 4 is 34.6 Å². The van der Waals surface area contributed by atoms with Gasteiger partial charge >= 0.3 is 0 Å². The number of thiocarbonyl (C=S) groups is 1. The van der Waals surface area contributed by atoms with Crippen molar-refractivity contribution in [1.82, 2.24) is 10.2 Å². The molecule has 122 valence electrons. The average Bonchev–Trinajstić information content (AvgIpc) is 2.54. The van der Waals surface area contributed by atoms with Crippen LogP contribution in [0.2, 0.25) is 5.02 Å². The molecule has 2 aromatic carbocycles. The van der Waals surface area contributed by atoms with E-state index in [4.69, 9.17) is 23.8 Å². The Bertz CT molecular complexity index is 614. The van der Waals surface area contributed by atoms with Gasteiger partial charge in [-0.3, -0.25) is 0 Å². The standard InChI is InChI=1S/C18H22ClN3S/c1-22(2)17(12-14-6-4-3-5-7-14)13-20-18(23)21-16-10-8-15(19)9-11-16/h3-11,17H,12-13H2,1-2H3,(H2,20,21,23)/t17-/m1/s1. The maximum atomic E-state index is 5.88. The summed E-state index contributed by atoms with van der Waals surface area (Å²) in [5, 5.41) is 7.79. The van der Waals surface area contributed by atoms with Crippen LogP contribution in [-0.2, 0) is 6.42 Å². The van der Waals surface area contributed by atoms with E-state index in [1.165, 1.54) is 5.56 Å². The van der Waals surface area contributed by atoms with Crippen molar-refractivity contribution in [3.8, 4) is 0 Å². The van der Waals surface area contributed by atoms with Gasteiger partial charge in [-0.2, -0.15) is 0 Å². The molecule has 0 fully saturated rings. The van der Waals surface area contributed by atoms with Crippen molar-refractivity contribution in [3.05, 3.63) is 65.2 Å². The molecule has 0 aliphatic rings. The summed E-state index contributed by atoms with van der Waals surface area (Å²) in [6, 6.07) is 18.3. The van der Waals surface area contributed by atoms with E-state index in [0.717, 1.165) is 18.7 Å². The molecule has 1 atom stereocenters. The summed E-state index contributed by atoms with van der Waals surface area (Å²) in [6.45, 7) is 0.779. The number of anilines is 1. The number of nitrogens with one attached hydrogen (secondary N) is 2. The first-order chi connectivity index (χ1) is 11.0. The zero-order valence-electron chi connectivity index (χ0n) is 13.4. The molecule has 0 aliphatic carbocycles. The zero-order chi connectivity index (χ0) is 16.7. The first kappa shape index (κ1) is 17.7. The topological polar surface area (TPSA) is 27.3 Å². The third-order valence-corrected chi connectivity index (χ3v) is 4.14. The second-order valence-corrected chi connectivity index (χ2v) is 6.49. The molecular formula is C18H22ClN3S. The molecule has 0 bridgehead atoms. The predicted octanol–water partition coefficient (Wildman–Crippen LogP) is 3.80. The van der Waals surface area contributed by atoms with Crippen LogP contribution < -0.4 is 10.6 Å². The van der Waals surface area contributed by atoms with Crippen LogP contribution in [0.1, 0.15) is 5.56 Å². The van der Waals surface area contributed by atoms with Gasteiger partial charge in [-0.15, -0.1) is 0 Å². The molecule has 0 aromatic heterocycles. The minimum absolute atomic E-state index is 0.363. The lowest BCUT2D eigenvalue weighted by atomic mass is 10.1. The van der Waals surface area contributed by atoms with E-state index in [-0.39, 0.29) is 0 Å². The highest BCUT2D eigenvalue weighted by Crippen LogP contribution is 2.13. The molecule has 2 rings (SSSR count). The Morgan fingerprint density at radius 1 is 1.09 bits per heavy atom. The maximum absolute atomic E-state index is 5.88. The van der Waals surface area contributed by atoms with Crippen molar-refractivity contribution in [1.29, 1.82) is 0 Å². The highest BCUT2D eigenvalue weighted by Gasteiger charge is 2.12. The Balaban J connectivity index is 1.85. The summed E-state index contributed by atoms with van der Waals surface area (Å²) in [6.07, 6.45) is 0.977. The molecule has 0 saturated heterocycles. The molecule has 0 heterocycles. The van der Waals surface area contributed by atoms with Crippen molar-refractivity contribution in [2.24, 2.45) is 0 Å². The number of benzene rings is 2. The Kier molecular flexibility index (Phi) is 6.84. The van der Waals surface area contributed by atoms with Gasteiger partial charge in [0.1, 0.15) is 0 Å². The van der Waals surface area contributed by atoms with Crippen LogP contribution in [0.3, 0.4) is 0 Å². The highest BCUT2D eigenvalue weighted by atomic mass is 35.5. The van der Waals surface area contributed by atoms with Gasteiger partial charge in [0.05, 0.1) is 0 Å². The summed E-state index contributed by atoms with van der Waals surface area (Å²) >= 11 is 11.2. The van der Waals surface area contributed by atoms with E-state index in [1.54, 1.807) is 0 Å². The molecule has 23 heavy (non-hydrogen) atoms. The molecule has 0 unspecified atom stereocenters. The van der Waals surface area contributed by atoms with Crippen molar-refractivity contribution in [2.45, 2.75) is 12.5 Å². The molecule has 0 amide bonds. The molecule has 2 N–H and O–H groups in total. The second kappa shape index (κ2) is 8.87. The third kappa shape index (κ3) is 6.18. The Hall–Kier alpha value is -1.62. The molecule has 5 heteroatoms. The second-order valence-electron chi connectivity index (χ2n) is 5.65. The highest BCUT2D eigenvalue weighted by molar-refractivity contribution is 7.80. The third-order valence-electron chi connectivity index (χ3n) is 3.64. The Morgan fingerprint density at radius 2 is 1.74 bits per heavy atom. The van der Waals surface area contributed by atoms with E-state index < -0.39 is 0 Å². The largest absolute Gasteiger partial charge is 0.361 e. The Morgan fingerprint density at radius 3 is 2.35 bits per heavy atom. The van der Waals surface area contributed by atoms with E-state index in [2.05, 4.69) is 53.9 Å². The molecule has 3 nitrogen and oxygen atoms in total. The summed E-state index contributed by atoms with van der Waals surface area (Å²) in [7, 11) is 4.18. The van der Waals surface area contributed by atoms with Crippen LogP contribution in [-0.4, -0.2) is 36.7 Å². The van der Waals surface area contributed by atoms with E-state index in [1.807, 2.05) is 30.3 Å². The van der Waals surface area contributed by atoms with Crippen molar-refractivity contribution in [3.63, 3.8) is 0 Å². The minimum Gasteiger partial charge on any atom is -0.361 e. The molecule has 0 aliphatic heterocycles. The lowest BCUT2D eigenvalue weighted by Gasteiger charge is -2.25. The number of rotatable bonds is 6. The summed E-state index contributed by atoms with van der Waals surface area (Å²) in [5.74, 6) is 0. The van der Waals surface area contributed by atoms with Crippen LogP contribution in [0.25, 0.3) is 0 Å². The van der Waals surface area contributed by atoms with Crippen LogP contribution >= 0.6 is 23.8 Å². The maximum Gasteiger partial charge on any atom is 0.170 e. The summed E-state index contributed by atoms with van der Waals surface area (Å²) in [4.78, 5) is 2.21. The summed E-state index contributed by atoms with van der Waals surface area (Å²) < 4.78 is 0. The molecule has 0 saturated carbocycles. The van der Waals surface area contributed by atoms with Crippen LogP contribution in [0.15, 0.2) is 54.6 Å². The van der Waals surface area contributed by atoms with Gasteiger partial charge in [-0.1, -0.05) is 41.9 Å².